The summed E-state index contributed by atoms with van der Waals surface area (Å²) >= 11 is -0.0936. The maximum absolute atomic E-state index is 12.7. The zero-order chi connectivity index (χ0) is 17.7. The van der Waals surface area contributed by atoms with Gasteiger partial charge in [0.1, 0.15) is 0 Å². The first kappa shape index (κ1) is 16.9. The molecule has 2 N–H and O–H groups in total. The Morgan fingerprint density at radius 1 is 0.783 bits per heavy atom. The zero-order valence-corrected chi connectivity index (χ0v) is 11.0. The van der Waals surface area contributed by atoms with E-state index in [0.29, 0.717) is 0 Å². The molecule has 0 unspecified atom stereocenters. The van der Waals surface area contributed by atoms with E-state index < -0.39 is 57.1 Å². The molecule has 0 fully saturated rings. The first-order valence-corrected chi connectivity index (χ1v) is 6.03. The van der Waals surface area contributed by atoms with E-state index in [0.717, 1.165) is 0 Å². The third kappa shape index (κ3) is 2.91. The van der Waals surface area contributed by atoms with E-state index in [-0.39, 0.29) is 11.3 Å². The van der Waals surface area contributed by atoms with Crippen molar-refractivity contribution < 1.29 is 55.6 Å². The number of fused-ring (bicyclic) bond motifs is 1. The molecule has 0 radical (unpaired) electrons. The molecule has 1 aromatic rings. The molecule has 0 amide bonds. The molecule has 2 rings (SSSR count). The Balaban J connectivity index is 2.71. The summed E-state index contributed by atoms with van der Waals surface area (Å²) in [5, 5.41) is 17.6. The van der Waals surface area contributed by atoms with E-state index in [2.05, 4.69) is 9.47 Å². The number of hydrogen-bond donors (Lipinski definition) is 2. The number of carbonyl (C=O) groups is 2. The van der Waals surface area contributed by atoms with Crippen molar-refractivity contribution in [3.8, 4) is 11.5 Å². The van der Waals surface area contributed by atoms with Crippen molar-refractivity contribution in [1.82, 2.24) is 0 Å². The number of carboxylic acid groups (broad SMARTS) is 2. The van der Waals surface area contributed by atoms with Crippen molar-refractivity contribution in [1.29, 1.82) is 0 Å². The fourth-order valence-corrected chi connectivity index (χ4v) is 2.37. The molecule has 0 aromatic carbocycles. The van der Waals surface area contributed by atoms with Gasteiger partial charge in [0.2, 0.25) is 0 Å². The molecule has 0 spiro atoms. The monoisotopic (exact) mass is 364 g/mol. The molecular weight excluding hydrogens is 362 g/mol. The summed E-state index contributed by atoms with van der Waals surface area (Å²) in [5.41, 5.74) is 0. The molecule has 2 heterocycles. The third-order valence-electron chi connectivity index (χ3n) is 2.34. The predicted octanol–water partition coefficient (Wildman–Crippen LogP) is 3.25. The van der Waals surface area contributed by atoms with E-state index in [1.165, 1.54) is 0 Å². The molecule has 1 aliphatic heterocycles. The standard InChI is InChI=1S/C10H2F6O6S/c11-9(12,13)5-6(10(14,15)16)22-2-1(21-5)3(7(17)18)23-4(2)8(19)20/h(H,17,18)(H,19,20). The second-order valence-electron chi connectivity index (χ2n) is 3.89. The van der Waals surface area contributed by atoms with Crippen molar-refractivity contribution in [3.63, 3.8) is 0 Å². The first-order chi connectivity index (χ1) is 10.3. The van der Waals surface area contributed by atoms with Gasteiger partial charge in [-0.1, -0.05) is 0 Å². The quantitative estimate of drug-likeness (QED) is 0.783. The minimum absolute atomic E-state index is 0.0936. The molecule has 13 heteroatoms. The van der Waals surface area contributed by atoms with Gasteiger partial charge in [-0.3, -0.25) is 0 Å². The van der Waals surface area contributed by atoms with Crippen molar-refractivity contribution >= 4 is 23.3 Å². The van der Waals surface area contributed by atoms with Gasteiger partial charge in [0.25, 0.3) is 11.5 Å². The summed E-state index contributed by atoms with van der Waals surface area (Å²) in [4.78, 5) is 19.7. The zero-order valence-electron chi connectivity index (χ0n) is 10.2. The van der Waals surface area contributed by atoms with E-state index in [1.807, 2.05) is 0 Å². The average molecular weight is 364 g/mol. The lowest BCUT2D eigenvalue weighted by atomic mass is 10.2. The Morgan fingerprint density at radius 2 is 1.09 bits per heavy atom. The Kier molecular flexibility index (Phi) is 3.71. The molecule has 1 aliphatic rings. The third-order valence-corrected chi connectivity index (χ3v) is 3.47. The largest absolute Gasteiger partial charge is 0.477 e. The highest BCUT2D eigenvalue weighted by Crippen LogP contribution is 2.51. The molecule has 6 nitrogen and oxygen atoms in total. The lowest BCUT2D eigenvalue weighted by molar-refractivity contribution is -0.154. The first-order valence-electron chi connectivity index (χ1n) is 5.21. The number of halogens is 6. The van der Waals surface area contributed by atoms with Crippen molar-refractivity contribution in [2.45, 2.75) is 12.4 Å². The molecule has 126 valence electrons. The summed E-state index contributed by atoms with van der Waals surface area (Å²) < 4.78 is 84.2. The van der Waals surface area contributed by atoms with Crippen molar-refractivity contribution in [2.24, 2.45) is 0 Å². The maximum Gasteiger partial charge on any atom is 0.453 e. The van der Waals surface area contributed by atoms with Gasteiger partial charge >= 0.3 is 24.3 Å². The summed E-state index contributed by atoms with van der Waals surface area (Å²) in [5.74, 6) is -11.5. The fourth-order valence-electron chi connectivity index (χ4n) is 1.54. The lowest BCUT2D eigenvalue weighted by Crippen LogP contribution is -2.31. The SMILES string of the molecule is O=C(O)c1sc(C(=O)O)c2c1OC(C(F)(F)F)=C(C(F)(F)F)O2. The predicted molar refractivity (Wildman–Crippen MR) is 58.6 cm³/mol. The summed E-state index contributed by atoms with van der Waals surface area (Å²) in [7, 11) is 0. The van der Waals surface area contributed by atoms with Crippen LogP contribution in [-0.2, 0) is 0 Å². The lowest BCUT2D eigenvalue weighted by Gasteiger charge is -2.24. The molecule has 0 saturated carbocycles. The average Bonchev–Trinajstić information content (AvgIpc) is 2.73. The Labute approximate surface area is 125 Å². The summed E-state index contributed by atoms with van der Waals surface area (Å²) in [6, 6.07) is 0. The number of ether oxygens (including phenoxy) is 2. The highest BCUT2D eigenvalue weighted by atomic mass is 32.1. The molecule has 23 heavy (non-hydrogen) atoms. The normalized spacial score (nSPS) is 14.9. The van der Waals surface area contributed by atoms with Gasteiger partial charge in [-0.15, -0.1) is 11.3 Å². The number of thiophene rings is 1. The van der Waals surface area contributed by atoms with Crippen molar-refractivity contribution in [2.75, 3.05) is 0 Å². The van der Waals surface area contributed by atoms with Crippen LogP contribution < -0.4 is 9.47 Å². The Bertz CT molecular complexity index is 669. The maximum atomic E-state index is 12.7. The van der Waals surface area contributed by atoms with E-state index in [9.17, 15) is 35.9 Å². The van der Waals surface area contributed by atoms with Crippen LogP contribution in [0.15, 0.2) is 11.5 Å². The Morgan fingerprint density at radius 3 is 1.30 bits per heavy atom. The van der Waals surface area contributed by atoms with Crippen LogP contribution >= 0.6 is 11.3 Å². The van der Waals surface area contributed by atoms with Gasteiger partial charge in [-0.05, 0) is 0 Å². The van der Waals surface area contributed by atoms with Crippen LogP contribution in [0.3, 0.4) is 0 Å². The second-order valence-corrected chi connectivity index (χ2v) is 4.91. The number of aromatic carboxylic acids is 2. The number of hydrogen-bond acceptors (Lipinski definition) is 5. The van der Waals surface area contributed by atoms with Crippen LogP contribution in [0, 0.1) is 0 Å². The van der Waals surface area contributed by atoms with Gasteiger partial charge < -0.3 is 19.7 Å². The van der Waals surface area contributed by atoms with Crippen LogP contribution in [0.4, 0.5) is 26.3 Å². The van der Waals surface area contributed by atoms with E-state index in [1.54, 1.807) is 0 Å². The topological polar surface area (TPSA) is 93.1 Å². The van der Waals surface area contributed by atoms with Gasteiger partial charge in [0.15, 0.2) is 21.3 Å². The van der Waals surface area contributed by atoms with Gasteiger partial charge in [0.05, 0.1) is 0 Å². The second kappa shape index (κ2) is 5.04. The number of allylic oxidation sites excluding steroid dienone is 2. The van der Waals surface area contributed by atoms with Crippen LogP contribution in [0.2, 0.25) is 0 Å². The molecule has 0 aliphatic carbocycles. The van der Waals surface area contributed by atoms with E-state index in [4.69, 9.17) is 10.2 Å². The highest BCUT2D eigenvalue weighted by Gasteiger charge is 2.54. The van der Waals surface area contributed by atoms with Gasteiger partial charge in [0, 0.05) is 0 Å². The summed E-state index contributed by atoms with van der Waals surface area (Å²) in [6.07, 6.45) is -11.3. The molecule has 1 aromatic heterocycles. The molecule has 0 atom stereocenters. The van der Waals surface area contributed by atoms with E-state index >= 15 is 0 Å². The van der Waals surface area contributed by atoms with Crippen LogP contribution in [0.5, 0.6) is 11.5 Å². The minimum Gasteiger partial charge on any atom is -0.477 e. The van der Waals surface area contributed by atoms with Crippen LogP contribution in [0.1, 0.15) is 19.3 Å². The Hall–Kier alpha value is -2.44. The number of rotatable bonds is 2. The van der Waals surface area contributed by atoms with Crippen LogP contribution in [0.25, 0.3) is 0 Å². The molecule has 0 bridgehead atoms. The summed E-state index contributed by atoms with van der Waals surface area (Å²) in [6.45, 7) is 0. The minimum atomic E-state index is -5.65. The molecular formula is C10H2F6O6S. The molecule has 0 saturated heterocycles. The van der Waals surface area contributed by atoms with Crippen LogP contribution in [-0.4, -0.2) is 34.5 Å². The smallest absolute Gasteiger partial charge is 0.453 e. The number of carboxylic acids is 2. The highest BCUT2D eigenvalue weighted by molar-refractivity contribution is 7.16. The number of alkyl halides is 6. The van der Waals surface area contributed by atoms with Gasteiger partial charge in [-0.25, -0.2) is 9.59 Å². The van der Waals surface area contributed by atoms with Crippen molar-refractivity contribution in [3.05, 3.63) is 21.3 Å². The fraction of sp³-hybridized carbons (Fsp3) is 0.200. The van der Waals surface area contributed by atoms with Gasteiger partial charge in [-0.2, -0.15) is 26.3 Å².